The lowest BCUT2D eigenvalue weighted by molar-refractivity contribution is -0.140. The van der Waals surface area contributed by atoms with Crippen LogP contribution in [0.4, 0.5) is 5.69 Å². The van der Waals surface area contributed by atoms with Gasteiger partial charge in [-0.2, -0.15) is 0 Å². The SMILES string of the molecule is O=C(O)C1(c2ccc(-c3ccc(-c4oncc4NS(=O)NCc4ccccc4Cl)cc3)cc2)CC1. The highest BCUT2D eigenvalue weighted by molar-refractivity contribution is 7.84. The second-order valence-corrected chi connectivity index (χ2v) is 9.83. The zero-order chi connectivity index (χ0) is 24.4. The predicted molar refractivity (Wildman–Crippen MR) is 136 cm³/mol. The average molecular weight is 508 g/mol. The summed E-state index contributed by atoms with van der Waals surface area (Å²) in [6.07, 6.45) is 2.85. The Labute approximate surface area is 209 Å². The Balaban J connectivity index is 1.26. The largest absolute Gasteiger partial charge is 0.481 e. The number of benzene rings is 3. The lowest BCUT2D eigenvalue weighted by Crippen LogP contribution is -2.23. The van der Waals surface area contributed by atoms with E-state index in [2.05, 4.69) is 14.6 Å². The van der Waals surface area contributed by atoms with Crippen molar-refractivity contribution < 1.29 is 18.6 Å². The molecule has 1 aromatic heterocycles. The van der Waals surface area contributed by atoms with E-state index in [9.17, 15) is 14.1 Å². The van der Waals surface area contributed by atoms with E-state index in [-0.39, 0.29) is 0 Å². The normalized spacial score (nSPS) is 14.9. The van der Waals surface area contributed by atoms with E-state index in [1.165, 1.54) is 6.20 Å². The van der Waals surface area contributed by atoms with Gasteiger partial charge < -0.3 is 9.63 Å². The van der Waals surface area contributed by atoms with Crippen molar-refractivity contribution in [1.82, 2.24) is 9.88 Å². The fourth-order valence-corrected chi connectivity index (χ4v) is 4.89. The summed E-state index contributed by atoms with van der Waals surface area (Å²) < 4.78 is 23.7. The van der Waals surface area contributed by atoms with Crippen LogP contribution in [0.2, 0.25) is 5.02 Å². The lowest BCUT2D eigenvalue weighted by Gasteiger charge is -2.11. The van der Waals surface area contributed by atoms with Crippen LogP contribution in [0.5, 0.6) is 0 Å². The molecule has 1 atom stereocenters. The fraction of sp³-hybridized carbons (Fsp3) is 0.154. The van der Waals surface area contributed by atoms with Gasteiger partial charge in [-0.1, -0.05) is 83.5 Å². The molecule has 35 heavy (non-hydrogen) atoms. The molecule has 1 heterocycles. The molecule has 1 unspecified atom stereocenters. The zero-order valence-corrected chi connectivity index (χ0v) is 20.1. The number of aromatic nitrogens is 1. The Kier molecular flexibility index (Phi) is 6.42. The van der Waals surface area contributed by atoms with Crippen molar-refractivity contribution in [1.29, 1.82) is 0 Å². The molecule has 7 nitrogen and oxygen atoms in total. The van der Waals surface area contributed by atoms with Gasteiger partial charge in [-0.15, -0.1) is 0 Å². The van der Waals surface area contributed by atoms with Crippen LogP contribution >= 0.6 is 11.6 Å². The second kappa shape index (κ2) is 9.65. The van der Waals surface area contributed by atoms with Crippen molar-refractivity contribution in [3.63, 3.8) is 0 Å². The fourth-order valence-electron chi connectivity index (χ4n) is 3.99. The van der Waals surface area contributed by atoms with Crippen molar-refractivity contribution in [3.05, 3.63) is 95.1 Å². The Morgan fingerprint density at radius 1 is 1.00 bits per heavy atom. The van der Waals surface area contributed by atoms with E-state index in [0.717, 1.165) is 27.8 Å². The van der Waals surface area contributed by atoms with Crippen molar-refractivity contribution in [2.45, 2.75) is 24.8 Å². The monoisotopic (exact) mass is 507 g/mol. The number of nitrogens with zero attached hydrogens (tertiary/aromatic N) is 1. The van der Waals surface area contributed by atoms with E-state index < -0.39 is 22.6 Å². The van der Waals surface area contributed by atoms with Gasteiger partial charge in [0.2, 0.25) is 0 Å². The van der Waals surface area contributed by atoms with Gasteiger partial charge in [-0.05, 0) is 41.2 Å². The Morgan fingerprint density at radius 2 is 1.63 bits per heavy atom. The molecule has 3 aromatic carbocycles. The number of hydrogen-bond donors (Lipinski definition) is 3. The zero-order valence-electron chi connectivity index (χ0n) is 18.5. The maximum atomic E-state index is 12.5. The quantitative estimate of drug-likeness (QED) is 0.275. The van der Waals surface area contributed by atoms with E-state index in [1.807, 2.05) is 66.7 Å². The number of anilines is 1. The molecule has 1 fully saturated rings. The second-order valence-electron chi connectivity index (χ2n) is 8.39. The number of nitrogens with one attached hydrogen (secondary N) is 2. The molecule has 178 valence electrons. The van der Waals surface area contributed by atoms with Gasteiger partial charge in [0.15, 0.2) is 16.9 Å². The number of carboxylic acid groups (broad SMARTS) is 1. The molecule has 5 rings (SSSR count). The summed E-state index contributed by atoms with van der Waals surface area (Å²) in [5.74, 6) is -0.289. The summed E-state index contributed by atoms with van der Waals surface area (Å²) >= 11 is 4.56. The highest BCUT2D eigenvalue weighted by atomic mass is 35.5. The van der Waals surface area contributed by atoms with Crippen LogP contribution in [0, 0.1) is 0 Å². The van der Waals surface area contributed by atoms with Crippen LogP contribution in [0.15, 0.2) is 83.5 Å². The van der Waals surface area contributed by atoms with Crippen LogP contribution in [-0.4, -0.2) is 20.4 Å². The van der Waals surface area contributed by atoms with Crippen LogP contribution in [0.25, 0.3) is 22.5 Å². The summed E-state index contributed by atoms with van der Waals surface area (Å²) in [4.78, 5) is 11.6. The number of halogens is 1. The van der Waals surface area contributed by atoms with Gasteiger partial charge in [-0.25, -0.2) is 8.93 Å². The van der Waals surface area contributed by atoms with Crippen molar-refractivity contribution in [2.24, 2.45) is 0 Å². The summed E-state index contributed by atoms with van der Waals surface area (Å²) in [6, 6.07) is 22.7. The molecule has 0 amide bonds. The third kappa shape index (κ3) is 4.86. The van der Waals surface area contributed by atoms with Gasteiger partial charge in [0, 0.05) is 17.1 Å². The topological polar surface area (TPSA) is 104 Å². The predicted octanol–water partition coefficient (Wildman–Crippen LogP) is 5.56. The first kappa shape index (κ1) is 23.3. The molecule has 0 saturated heterocycles. The van der Waals surface area contributed by atoms with Gasteiger partial charge in [0.25, 0.3) is 0 Å². The number of carboxylic acids is 1. The van der Waals surface area contributed by atoms with Crippen molar-refractivity contribution in [3.8, 4) is 22.5 Å². The maximum Gasteiger partial charge on any atom is 0.314 e. The molecule has 3 N–H and O–H groups in total. The lowest BCUT2D eigenvalue weighted by atomic mass is 9.93. The molecule has 1 saturated carbocycles. The molecule has 1 aliphatic rings. The molecule has 0 aliphatic heterocycles. The van der Waals surface area contributed by atoms with Crippen LogP contribution in [0.3, 0.4) is 0 Å². The summed E-state index contributed by atoms with van der Waals surface area (Å²) in [7, 11) is 0. The van der Waals surface area contributed by atoms with Crippen molar-refractivity contribution in [2.75, 3.05) is 4.72 Å². The molecule has 0 radical (unpaired) electrons. The average Bonchev–Trinajstić information content (AvgIpc) is 3.57. The van der Waals surface area contributed by atoms with E-state index in [0.29, 0.717) is 35.9 Å². The Bertz CT molecular complexity index is 1380. The van der Waals surface area contributed by atoms with Gasteiger partial charge in [0.1, 0.15) is 5.69 Å². The van der Waals surface area contributed by atoms with Crippen LogP contribution in [-0.2, 0) is 27.9 Å². The molecular formula is C26H22ClN3O4S. The molecule has 0 bridgehead atoms. The standard InChI is InChI=1S/C26H22ClN3O4S/c27-22-4-2-1-3-20(22)15-29-35(33)30-23-16-28-34-24(23)19-7-5-17(6-8-19)18-9-11-21(12-10-18)26(13-14-26)25(31)32/h1-12,16,29-30H,13-15H2,(H,31,32). The third-order valence-electron chi connectivity index (χ3n) is 6.20. The van der Waals surface area contributed by atoms with E-state index >= 15 is 0 Å². The van der Waals surface area contributed by atoms with Gasteiger partial charge >= 0.3 is 5.97 Å². The summed E-state index contributed by atoms with van der Waals surface area (Å²) in [5, 5.41) is 13.9. The number of hydrogen-bond acceptors (Lipinski definition) is 4. The minimum absolute atomic E-state index is 0.334. The molecular weight excluding hydrogens is 486 g/mol. The maximum absolute atomic E-state index is 12.5. The van der Waals surface area contributed by atoms with Gasteiger partial charge in [-0.3, -0.25) is 9.52 Å². The smallest absolute Gasteiger partial charge is 0.314 e. The first-order valence-corrected chi connectivity index (χ1v) is 12.5. The molecule has 9 heteroatoms. The first-order chi connectivity index (χ1) is 17.0. The Morgan fingerprint density at radius 3 is 2.26 bits per heavy atom. The summed E-state index contributed by atoms with van der Waals surface area (Å²) in [6.45, 7) is 0.334. The van der Waals surface area contributed by atoms with Crippen molar-refractivity contribution >= 4 is 34.4 Å². The molecule has 0 spiro atoms. The molecule has 4 aromatic rings. The first-order valence-electron chi connectivity index (χ1n) is 11.0. The van der Waals surface area contributed by atoms with E-state index in [1.54, 1.807) is 6.07 Å². The highest BCUT2D eigenvalue weighted by Gasteiger charge is 2.51. The minimum Gasteiger partial charge on any atom is -0.481 e. The van der Waals surface area contributed by atoms with Gasteiger partial charge in [0.05, 0.1) is 11.6 Å². The van der Waals surface area contributed by atoms with E-state index in [4.69, 9.17) is 16.1 Å². The van der Waals surface area contributed by atoms with Crippen LogP contribution in [0.1, 0.15) is 24.0 Å². The number of aliphatic carboxylic acids is 1. The number of carbonyl (C=O) groups is 1. The highest BCUT2D eigenvalue weighted by Crippen LogP contribution is 2.48. The number of rotatable bonds is 9. The minimum atomic E-state index is -1.58. The Hall–Kier alpha value is -3.46. The van der Waals surface area contributed by atoms with Crippen LogP contribution < -0.4 is 9.44 Å². The third-order valence-corrected chi connectivity index (χ3v) is 7.38. The summed E-state index contributed by atoms with van der Waals surface area (Å²) in [5.41, 5.74) is 4.22. The molecule has 1 aliphatic carbocycles.